The fourth-order valence-corrected chi connectivity index (χ4v) is 4.05. The molecule has 0 aromatic carbocycles. The van der Waals surface area contributed by atoms with Gasteiger partial charge in [0.1, 0.15) is 5.82 Å². The van der Waals surface area contributed by atoms with Gasteiger partial charge in [-0.15, -0.1) is 10.2 Å². The van der Waals surface area contributed by atoms with E-state index in [1.54, 1.807) is 0 Å². The Morgan fingerprint density at radius 1 is 1.05 bits per heavy atom. The summed E-state index contributed by atoms with van der Waals surface area (Å²) in [4.78, 5) is 0. The number of nitrogens with zero attached hydrogens (tertiary/aromatic N) is 3. The van der Waals surface area contributed by atoms with Crippen molar-refractivity contribution in [1.82, 2.24) is 20.1 Å². The van der Waals surface area contributed by atoms with Gasteiger partial charge in [0.05, 0.1) is 6.04 Å². The lowest BCUT2D eigenvalue weighted by Gasteiger charge is -2.25. The largest absolute Gasteiger partial charge is 0.312 e. The monoisotopic (exact) mass is 274 g/mol. The van der Waals surface area contributed by atoms with Crippen molar-refractivity contribution in [2.45, 2.75) is 70.4 Å². The first-order chi connectivity index (χ1) is 9.92. The third-order valence-corrected chi connectivity index (χ3v) is 5.43. The molecule has 0 saturated heterocycles. The van der Waals surface area contributed by atoms with Gasteiger partial charge in [0.15, 0.2) is 5.82 Å². The van der Waals surface area contributed by atoms with Crippen LogP contribution in [0, 0.1) is 11.8 Å². The average Bonchev–Trinajstić information content (AvgIpc) is 3.26. The van der Waals surface area contributed by atoms with Crippen molar-refractivity contribution in [3.8, 4) is 0 Å². The Bertz CT molecular complexity index is 457. The van der Waals surface area contributed by atoms with Crippen LogP contribution >= 0.6 is 0 Å². The maximum absolute atomic E-state index is 4.52. The highest BCUT2D eigenvalue weighted by molar-refractivity contribution is 5.09. The molecule has 0 bridgehead atoms. The van der Waals surface area contributed by atoms with Gasteiger partial charge in [0.25, 0.3) is 0 Å². The van der Waals surface area contributed by atoms with E-state index in [2.05, 4.69) is 20.1 Å². The summed E-state index contributed by atoms with van der Waals surface area (Å²) >= 11 is 0. The highest BCUT2D eigenvalue weighted by atomic mass is 15.3. The topological polar surface area (TPSA) is 42.7 Å². The molecule has 0 amide bonds. The van der Waals surface area contributed by atoms with Gasteiger partial charge in [0, 0.05) is 19.5 Å². The predicted octanol–water partition coefficient (Wildman–Crippen LogP) is 2.85. The van der Waals surface area contributed by atoms with E-state index in [0.717, 1.165) is 31.3 Å². The van der Waals surface area contributed by atoms with Crippen LogP contribution in [0.15, 0.2) is 0 Å². The zero-order valence-electron chi connectivity index (χ0n) is 12.4. The van der Waals surface area contributed by atoms with E-state index in [1.165, 1.54) is 63.0 Å². The fourth-order valence-electron chi connectivity index (χ4n) is 4.05. The molecule has 2 saturated carbocycles. The minimum absolute atomic E-state index is 0.486. The molecule has 2 heterocycles. The number of fused-ring (bicyclic) bond motifs is 1. The molecule has 3 aliphatic rings. The van der Waals surface area contributed by atoms with Gasteiger partial charge in [-0.2, -0.15) is 0 Å². The first kappa shape index (κ1) is 12.8. The lowest BCUT2D eigenvalue weighted by atomic mass is 9.86. The van der Waals surface area contributed by atoms with E-state index >= 15 is 0 Å². The quantitative estimate of drug-likeness (QED) is 0.918. The van der Waals surface area contributed by atoms with Gasteiger partial charge in [-0.1, -0.05) is 32.1 Å². The standard InChI is InChI=1S/C16H26N4/c1-2-4-12(5-3-1)6-9-14-18-19-16-15(13-7-8-13)17-10-11-20(14)16/h12-13,15,17H,1-11H2. The van der Waals surface area contributed by atoms with Crippen LogP contribution < -0.4 is 5.32 Å². The van der Waals surface area contributed by atoms with E-state index in [4.69, 9.17) is 0 Å². The number of rotatable bonds is 4. The van der Waals surface area contributed by atoms with Crippen LogP contribution in [0.5, 0.6) is 0 Å². The zero-order valence-corrected chi connectivity index (χ0v) is 12.4. The van der Waals surface area contributed by atoms with E-state index in [-0.39, 0.29) is 0 Å². The summed E-state index contributed by atoms with van der Waals surface area (Å²) < 4.78 is 2.42. The fraction of sp³-hybridized carbons (Fsp3) is 0.875. The zero-order chi connectivity index (χ0) is 13.4. The minimum Gasteiger partial charge on any atom is -0.312 e. The Morgan fingerprint density at radius 3 is 2.70 bits per heavy atom. The van der Waals surface area contributed by atoms with Gasteiger partial charge in [0.2, 0.25) is 0 Å². The van der Waals surface area contributed by atoms with Crippen LogP contribution in [0.3, 0.4) is 0 Å². The predicted molar refractivity (Wildman–Crippen MR) is 78.4 cm³/mol. The minimum atomic E-state index is 0.486. The number of hydrogen-bond donors (Lipinski definition) is 1. The summed E-state index contributed by atoms with van der Waals surface area (Å²) in [5, 5.41) is 12.7. The second-order valence-corrected chi connectivity index (χ2v) is 6.94. The maximum Gasteiger partial charge on any atom is 0.150 e. The van der Waals surface area contributed by atoms with Crippen molar-refractivity contribution in [3.63, 3.8) is 0 Å². The van der Waals surface area contributed by atoms with Crippen LogP contribution in [0.1, 0.15) is 69.1 Å². The van der Waals surface area contributed by atoms with Gasteiger partial charge in [-0.25, -0.2) is 0 Å². The average molecular weight is 274 g/mol. The molecule has 1 aromatic rings. The van der Waals surface area contributed by atoms with Crippen LogP contribution in [-0.4, -0.2) is 21.3 Å². The number of aryl methyl sites for hydroxylation is 1. The van der Waals surface area contributed by atoms with E-state index < -0.39 is 0 Å². The molecule has 1 N–H and O–H groups in total. The molecule has 2 fully saturated rings. The van der Waals surface area contributed by atoms with Crippen molar-refractivity contribution in [1.29, 1.82) is 0 Å². The molecule has 20 heavy (non-hydrogen) atoms. The van der Waals surface area contributed by atoms with Gasteiger partial charge in [-0.05, 0) is 31.1 Å². The van der Waals surface area contributed by atoms with Crippen molar-refractivity contribution in [2.24, 2.45) is 11.8 Å². The molecular formula is C16H26N4. The second-order valence-electron chi connectivity index (χ2n) is 6.94. The summed E-state index contributed by atoms with van der Waals surface area (Å²) in [6.45, 7) is 2.15. The van der Waals surface area contributed by atoms with Gasteiger partial charge < -0.3 is 9.88 Å². The summed E-state index contributed by atoms with van der Waals surface area (Å²) in [5.41, 5.74) is 0. The Labute approximate surface area is 121 Å². The van der Waals surface area contributed by atoms with Crippen LogP contribution in [0.2, 0.25) is 0 Å². The van der Waals surface area contributed by atoms with Crippen molar-refractivity contribution < 1.29 is 0 Å². The molecule has 1 unspecified atom stereocenters. The summed E-state index contributed by atoms with van der Waals surface area (Å²) in [5.74, 6) is 4.23. The third-order valence-electron chi connectivity index (χ3n) is 5.43. The molecule has 1 atom stereocenters. The van der Waals surface area contributed by atoms with Crippen LogP contribution in [0.4, 0.5) is 0 Å². The lowest BCUT2D eigenvalue weighted by molar-refractivity contribution is 0.332. The first-order valence-corrected chi connectivity index (χ1v) is 8.57. The van der Waals surface area contributed by atoms with E-state index in [9.17, 15) is 0 Å². The molecule has 110 valence electrons. The summed E-state index contributed by atoms with van der Waals surface area (Å²) in [6.07, 6.45) is 12.4. The summed E-state index contributed by atoms with van der Waals surface area (Å²) in [6, 6.07) is 0.486. The molecule has 1 aliphatic heterocycles. The normalized spacial score (nSPS) is 27.5. The van der Waals surface area contributed by atoms with Crippen LogP contribution in [-0.2, 0) is 13.0 Å². The number of aromatic nitrogens is 3. The van der Waals surface area contributed by atoms with E-state index in [1.807, 2.05) is 0 Å². The lowest BCUT2D eigenvalue weighted by Crippen LogP contribution is -2.35. The Kier molecular flexibility index (Phi) is 3.51. The maximum atomic E-state index is 4.52. The van der Waals surface area contributed by atoms with Crippen molar-refractivity contribution in [2.75, 3.05) is 6.54 Å². The summed E-state index contributed by atoms with van der Waals surface area (Å²) in [7, 11) is 0. The molecule has 4 nitrogen and oxygen atoms in total. The van der Waals surface area contributed by atoms with Crippen LogP contribution in [0.25, 0.3) is 0 Å². The Balaban J connectivity index is 1.43. The molecule has 0 radical (unpaired) electrons. The SMILES string of the molecule is C1CCC(CCc2nnc3n2CCNC3C2CC2)CC1. The third kappa shape index (κ3) is 2.50. The second kappa shape index (κ2) is 5.47. The molecule has 1 aromatic heterocycles. The highest BCUT2D eigenvalue weighted by Crippen LogP contribution is 2.41. The molecule has 0 spiro atoms. The molecule has 4 heteroatoms. The molecule has 4 rings (SSSR count). The van der Waals surface area contributed by atoms with E-state index in [0.29, 0.717) is 6.04 Å². The van der Waals surface area contributed by atoms with Gasteiger partial charge >= 0.3 is 0 Å². The number of nitrogens with one attached hydrogen (secondary N) is 1. The molecule has 2 aliphatic carbocycles. The smallest absolute Gasteiger partial charge is 0.150 e. The van der Waals surface area contributed by atoms with Crippen molar-refractivity contribution >= 4 is 0 Å². The Hall–Kier alpha value is -0.900. The molecular weight excluding hydrogens is 248 g/mol. The van der Waals surface area contributed by atoms with Gasteiger partial charge in [-0.3, -0.25) is 0 Å². The number of hydrogen-bond acceptors (Lipinski definition) is 3. The van der Waals surface area contributed by atoms with Crippen molar-refractivity contribution in [3.05, 3.63) is 11.6 Å². The Morgan fingerprint density at radius 2 is 1.90 bits per heavy atom. The first-order valence-electron chi connectivity index (χ1n) is 8.57. The highest BCUT2D eigenvalue weighted by Gasteiger charge is 2.37.